The highest BCUT2D eigenvalue weighted by atomic mass is 16.6. The fourth-order valence-electron chi connectivity index (χ4n) is 2.27. The summed E-state index contributed by atoms with van der Waals surface area (Å²) in [6.07, 6.45) is -1.41. The number of aliphatic hydroxyl groups excluding tert-OH is 2. The lowest BCUT2D eigenvalue weighted by atomic mass is 10.1. The van der Waals surface area contributed by atoms with Crippen LogP contribution in [-0.4, -0.2) is 50.4 Å². The summed E-state index contributed by atoms with van der Waals surface area (Å²) >= 11 is 0. The van der Waals surface area contributed by atoms with E-state index in [9.17, 15) is 29.9 Å². The number of nitrogens with two attached hydrogens (primary N) is 3. The van der Waals surface area contributed by atoms with Crippen molar-refractivity contribution in [3.63, 3.8) is 0 Å². The van der Waals surface area contributed by atoms with E-state index in [-0.39, 0.29) is 5.82 Å². The maximum atomic E-state index is 12.0. The molecule has 0 saturated heterocycles. The number of nitrogen functional groups attached to an aromatic ring is 1. The molecule has 3 atom stereocenters. The molecule has 1 aliphatic rings. The molecule has 1 unspecified atom stereocenters. The van der Waals surface area contributed by atoms with E-state index in [1.165, 1.54) is 6.07 Å². The number of nitrogens with zero attached hydrogens (tertiary/aromatic N) is 3. The number of carbonyl (C=O) groups excluding carboxylic acids is 2. The standard InChI is InChI=1S/C14H16N6O7/c15-5-14(20-2-1-8(17)19-13(20)25)11(23)10(22)7(27-14)4-26-12(24)6(16)3-9(18)21/h1-2,6,11,22-23H,3-4,16H2,(H2,18,21)(H2,17,19,25)/t6-,11?,14-/m1/s1. The second kappa shape index (κ2) is 7.32. The minimum Gasteiger partial charge on any atom is -0.506 e. The van der Waals surface area contributed by atoms with Crippen molar-refractivity contribution < 1.29 is 29.3 Å². The van der Waals surface area contributed by atoms with Crippen molar-refractivity contribution in [2.45, 2.75) is 24.3 Å². The molecule has 0 radical (unpaired) electrons. The molecule has 1 aliphatic heterocycles. The zero-order chi connectivity index (χ0) is 20.4. The van der Waals surface area contributed by atoms with Gasteiger partial charge in [0.1, 0.15) is 17.9 Å². The highest BCUT2D eigenvalue weighted by Crippen LogP contribution is 2.36. The predicted octanol–water partition coefficient (Wildman–Crippen LogP) is -3.09. The first-order valence-corrected chi connectivity index (χ1v) is 7.39. The Morgan fingerprint density at radius 3 is 2.78 bits per heavy atom. The van der Waals surface area contributed by atoms with Gasteiger partial charge in [0, 0.05) is 6.20 Å². The first-order valence-electron chi connectivity index (χ1n) is 7.39. The topological polar surface area (TPSA) is 230 Å². The average Bonchev–Trinajstić information content (AvgIpc) is 2.84. The van der Waals surface area contributed by atoms with Crippen molar-refractivity contribution in [3.8, 4) is 6.07 Å². The lowest BCUT2D eigenvalue weighted by Crippen LogP contribution is -2.48. The molecule has 13 nitrogen and oxygen atoms in total. The average molecular weight is 380 g/mol. The van der Waals surface area contributed by atoms with Crippen molar-refractivity contribution in [3.05, 3.63) is 34.3 Å². The first-order chi connectivity index (χ1) is 12.6. The van der Waals surface area contributed by atoms with Crippen LogP contribution in [0.1, 0.15) is 6.42 Å². The zero-order valence-electron chi connectivity index (χ0n) is 13.7. The minimum absolute atomic E-state index is 0.133. The molecule has 0 spiro atoms. The van der Waals surface area contributed by atoms with E-state index in [0.717, 1.165) is 6.20 Å². The summed E-state index contributed by atoms with van der Waals surface area (Å²) in [6.45, 7) is -0.727. The van der Waals surface area contributed by atoms with E-state index in [4.69, 9.17) is 26.7 Å². The van der Waals surface area contributed by atoms with E-state index >= 15 is 0 Å². The Balaban J connectivity index is 2.22. The van der Waals surface area contributed by atoms with Crippen LogP contribution in [0.4, 0.5) is 5.82 Å². The second-order valence-corrected chi connectivity index (χ2v) is 5.51. The fraction of sp³-hybridized carbons (Fsp3) is 0.357. The number of anilines is 1. The Bertz CT molecular complexity index is 904. The van der Waals surface area contributed by atoms with Gasteiger partial charge in [0.05, 0.1) is 6.42 Å². The van der Waals surface area contributed by atoms with Gasteiger partial charge in [-0.25, -0.2) is 9.36 Å². The van der Waals surface area contributed by atoms with Gasteiger partial charge in [-0.1, -0.05) is 0 Å². The number of amides is 1. The number of rotatable bonds is 6. The molecule has 13 heteroatoms. The molecular formula is C14H16N6O7. The largest absolute Gasteiger partial charge is 0.506 e. The smallest absolute Gasteiger partial charge is 0.353 e. The predicted molar refractivity (Wildman–Crippen MR) is 86.0 cm³/mol. The van der Waals surface area contributed by atoms with Crippen molar-refractivity contribution in [2.75, 3.05) is 12.3 Å². The normalized spacial score (nSPS) is 22.6. The van der Waals surface area contributed by atoms with Gasteiger partial charge >= 0.3 is 17.4 Å². The molecule has 0 aromatic carbocycles. The van der Waals surface area contributed by atoms with E-state index in [1.807, 2.05) is 0 Å². The summed E-state index contributed by atoms with van der Waals surface area (Å²) in [5, 5.41) is 29.7. The Kier molecular flexibility index (Phi) is 5.34. The number of ether oxygens (including phenoxy) is 2. The number of carbonyl (C=O) groups is 2. The van der Waals surface area contributed by atoms with E-state index < -0.39 is 60.0 Å². The summed E-state index contributed by atoms with van der Waals surface area (Å²) in [4.78, 5) is 37.9. The maximum absolute atomic E-state index is 12.0. The summed E-state index contributed by atoms with van der Waals surface area (Å²) in [5.41, 5.74) is 12.3. The third kappa shape index (κ3) is 3.66. The van der Waals surface area contributed by atoms with Crippen LogP contribution < -0.4 is 22.9 Å². The van der Waals surface area contributed by atoms with Crippen molar-refractivity contribution in [1.29, 1.82) is 5.26 Å². The van der Waals surface area contributed by atoms with Gasteiger partial charge in [-0.15, -0.1) is 0 Å². The fourth-order valence-corrected chi connectivity index (χ4v) is 2.27. The van der Waals surface area contributed by atoms with Crippen LogP contribution in [0.2, 0.25) is 0 Å². The second-order valence-electron chi connectivity index (χ2n) is 5.51. The lowest BCUT2D eigenvalue weighted by Gasteiger charge is -2.26. The maximum Gasteiger partial charge on any atom is 0.353 e. The highest BCUT2D eigenvalue weighted by molar-refractivity contribution is 5.84. The molecule has 0 bridgehead atoms. The van der Waals surface area contributed by atoms with Crippen LogP contribution in [0.25, 0.3) is 0 Å². The molecule has 1 aromatic heterocycles. The number of aliphatic hydroxyl groups is 2. The van der Waals surface area contributed by atoms with Gasteiger partial charge < -0.3 is 36.9 Å². The summed E-state index contributed by atoms with van der Waals surface area (Å²) in [7, 11) is 0. The molecule has 2 heterocycles. The number of hydrogen-bond acceptors (Lipinski definition) is 11. The Labute approximate surface area is 151 Å². The lowest BCUT2D eigenvalue weighted by molar-refractivity contribution is -0.147. The SMILES string of the molecule is N#C[C@@]1(n2ccc(N)nc2=O)OC(COC(=O)[C@H](N)CC(N)=O)=C(O)C1O. The molecule has 1 aromatic rings. The molecule has 2 rings (SSSR count). The van der Waals surface area contributed by atoms with Crippen LogP contribution in [0.15, 0.2) is 28.6 Å². The Morgan fingerprint density at radius 1 is 1.56 bits per heavy atom. The monoisotopic (exact) mass is 380 g/mol. The van der Waals surface area contributed by atoms with Crippen molar-refractivity contribution in [2.24, 2.45) is 11.5 Å². The summed E-state index contributed by atoms with van der Waals surface area (Å²) in [6, 6.07) is 1.41. The van der Waals surface area contributed by atoms with Crippen LogP contribution in [-0.2, 0) is 24.8 Å². The Hall–Kier alpha value is -3.63. The molecule has 0 fully saturated rings. The number of aromatic nitrogens is 2. The van der Waals surface area contributed by atoms with E-state index in [2.05, 4.69) is 4.98 Å². The quantitative estimate of drug-likeness (QED) is 0.310. The third-order valence-electron chi connectivity index (χ3n) is 3.61. The number of esters is 1. The van der Waals surface area contributed by atoms with E-state index in [1.54, 1.807) is 6.07 Å². The molecule has 0 saturated carbocycles. The number of hydrogen-bond donors (Lipinski definition) is 5. The Morgan fingerprint density at radius 2 is 2.22 bits per heavy atom. The van der Waals surface area contributed by atoms with Crippen LogP contribution in [0.3, 0.4) is 0 Å². The molecule has 1 amide bonds. The third-order valence-corrected chi connectivity index (χ3v) is 3.61. The van der Waals surface area contributed by atoms with Crippen molar-refractivity contribution >= 4 is 17.7 Å². The first kappa shape index (κ1) is 19.7. The van der Waals surface area contributed by atoms with Crippen LogP contribution in [0.5, 0.6) is 0 Å². The molecule has 8 N–H and O–H groups in total. The van der Waals surface area contributed by atoms with Crippen LogP contribution >= 0.6 is 0 Å². The van der Waals surface area contributed by atoms with Gasteiger partial charge in [0.15, 0.2) is 24.2 Å². The highest BCUT2D eigenvalue weighted by Gasteiger charge is 2.53. The van der Waals surface area contributed by atoms with Gasteiger partial charge in [-0.2, -0.15) is 10.2 Å². The molecule has 144 valence electrons. The summed E-state index contributed by atoms with van der Waals surface area (Å²) in [5.74, 6) is -3.32. The molecular weight excluding hydrogens is 364 g/mol. The van der Waals surface area contributed by atoms with Gasteiger partial charge in [0.25, 0.3) is 0 Å². The molecule has 0 aliphatic carbocycles. The van der Waals surface area contributed by atoms with Crippen LogP contribution in [0, 0.1) is 11.3 Å². The summed E-state index contributed by atoms with van der Waals surface area (Å²) < 4.78 is 10.6. The van der Waals surface area contributed by atoms with Gasteiger partial charge in [-0.3, -0.25) is 9.59 Å². The van der Waals surface area contributed by atoms with Gasteiger partial charge in [-0.05, 0) is 6.07 Å². The van der Waals surface area contributed by atoms with E-state index in [0.29, 0.717) is 4.57 Å². The van der Waals surface area contributed by atoms with Gasteiger partial charge in [0.2, 0.25) is 5.91 Å². The molecule has 27 heavy (non-hydrogen) atoms. The zero-order valence-corrected chi connectivity index (χ0v) is 13.7. The minimum atomic E-state index is -2.39. The number of primary amides is 1. The number of nitriles is 1. The van der Waals surface area contributed by atoms with Crippen molar-refractivity contribution in [1.82, 2.24) is 9.55 Å².